The van der Waals surface area contributed by atoms with E-state index < -0.39 is 0 Å². The van der Waals surface area contributed by atoms with Crippen LogP contribution in [0.5, 0.6) is 5.75 Å². The summed E-state index contributed by atoms with van der Waals surface area (Å²) in [6.07, 6.45) is 0.0790. The molecule has 0 bridgehead atoms. The minimum Gasteiger partial charge on any atom is -0.490 e. The third kappa shape index (κ3) is 3.72. The summed E-state index contributed by atoms with van der Waals surface area (Å²) in [5.41, 5.74) is 1.18. The number of benzene rings is 1. The first-order valence-corrected chi connectivity index (χ1v) is 7.44. The van der Waals surface area contributed by atoms with Crippen molar-refractivity contribution >= 4 is 0 Å². The minimum absolute atomic E-state index is 0.0142. The monoisotopic (exact) mass is 279 g/mol. The van der Waals surface area contributed by atoms with Gasteiger partial charge in [0.05, 0.1) is 18.8 Å². The van der Waals surface area contributed by atoms with E-state index in [0.29, 0.717) is 19.8 Å². The summed E-state index contributed by atoms with van der Waals surface area (Å²) in [7, 11) is 0. The molecule has 112 valence electrons. The maximum atomic E-state index is 6.10. The van der Waals surface area contributed by atoms with Crippen molar-refractivity contribution in [2.24, 2.45) is 0 Å². The van der Waals surface area contributed by atoms with Gasteiger partial charge in [-0.3, -0.25) is 0 Å². The van der Waals surface area contributed by atoms with Crippen molar-refractivity contribution in [1.29, 1.82) is 0 Å². The molecule has 2 rings (SSSR count). The van der Waals surface area contributed by atoms with Crippen LogP contribution in [0.25, 0.3) is 0 Å². The van der Waals surface area contributed by atoms with Gasteiger partial charge in [0.1, 0.15) is 18.5 Å². The SMILES string of the molecule is CCNC1c2ccccc2OCC1OC(C)COCC. The third-order valence-electron chi connectivity index (χ3n) is 3.42. The van der Waals surface area contributed by atoms with Gasteiger partial charge in [-0.1, -0.05) is 25.1 Å². The fourth-order valence-electron chi connectivity index (χ4n) is 2.54. The summed E-state index contributed by atoms with van der Waals surface area (Å²) in [5.74, 6) is 0.954. The lowest BCUT2D eigenvalue weighted by Crippen LogP contribution is -2.43. The maximum absolute atomic E-state index is 6.10. The van der Waals surface area contributed by atoms with E-state index in [1.54, 1.807) is 0 Å². The molecule has 0 aliphatic carbocycles. The standard InChI is InChI=1S/C16H25NO3/c1-4-17-16-13-8-6-7-9-14(13)19-11-15(16)20-12(3)10-18-5-2/h6-9,12,15-17H,4-5,10-11H2,1-3H3. The number of ether oxygens (including phenoxy) is 3. The second-order valence-electron chi connectivity index (χ2n) is 5.03. The summed E-state index contributed by atoms with van der Waals surface area (Å²) in [6.45, 7) is 8.96. The number of likely N-dealkylation sites (N-methyl/N-ethyl adjacent to an activating group) is 1. The second kappa shape index (κ2) is 7.62. The van der Waals surface area contributed by atoms with E-state index in [1.807, 2.05) is 32.0 Å². The first-order chi connectivity index (χ1) is 9.76. The van der Waals surface area contributed by atoms with Gasteiger partial charge >= 0.3 is 0 Å². The Balaban J connectivity index is 2.06. The Morgan fingerprint density at radius 1 is 1.35 bits per heavy atom. The molecule has 0 radical (unpaired) electrons. The molecule has 0 fully saturated rings. The molecule has 0 spiro atoms. The smallest absolute Gasteiger partial charge is 0.124 e. The zero-order valence-electron chi connectivity index (χ0n) is 12.6. The van der Waals surface area contributed by atoms with Gasteiger partial charge in [0.25, 0.3) is 0 Å². The van der Waals surface area contributed by atoms with Crippen LogP contribution in [-0.2, 0) is 9.47 Å². The first kappa shape index (κ1) is 15.3. The molecule has 0 aromatic heterocycles. The molecule has 1 N–H and O–H groups in total. The highest BCUT2D eigenvalue weighted by atomic mass is 16.6. The van der Waals surface area contributed by atoms with Gasteiger partial charge in [-0.15, -0.1) is 0 Å². The lowest BCUT2D eigenvalue weighted by Gasteiger charge is -2.35. The molecule has 1 aromatic rings. The van der Waals surface area contributed by atoms with E-state index in [1.165, 1.54) is 5.56 Å². The molecule has 0 saturated heterocycles. The number of hydrogen-bond acceptors (Lipinski definition) is 4. The van der Waals surface area contributed by atoms with Crippen LogP contribution in [0.2, 0.25) is 0 Å². The number of para-hydroxylation sites is 1. The topological polar surface area (TPSA) is 39.7 Å². The Morgan fingerprint density at radius 2 is 2.15 bits per heavy atom. The van der Waals surface area contributed by atoms with Crippen LogP contribution in [0.3, 0.4) is 0 Å². The van der Waals surface area contributed by atoms with Crippen LogP contribution in [0.1, 0.15) is 32.4 Å². The Morgan fingerprint density at radius 3 is 2.90 bits per heavy atom. The fraction of sp³-hybridized carbons (Fsp3) is 0.625. The van der Waals surface area contributed by atoms with Crippen molar-refractivity contribution in [2.45, 2.75) is 39.0 Å². The summed E-state index contributed by atoms with van der Waals surface area (Å²) in [5, 5.41) is 3.51. The highest BCUT2D eigenvalue weighted by molar-refractivity contribution is 5.38. The largest absolute Gasteiger partial charge is 0.490 e. The van der Waals surface area contributed by atoms with Crippen LogP contribution in [-0.4, -0.2) is 38.6 Å². The van der Waals surface area contributed by atoms with E-state index >= 15 is 0 Å². The molecule has 3 atom stereocenters. The zero-order chi connectivity index (χ0) is 14.4. The second-order valence-corrected chi connectivity index (χ2v) is 5.03. The highest BCUT2D eigenvalue weighted by Crippen LogP contribution is 2.33. The molecule has 1 aliphatic rings. The van der Waals surface area contributed by atoms with Crippen molar-refractivity contribution in [3.63, 3.8) is 0 Å². The summed E-state index contributed by atoms with van der Waals surface area (Å²) in [6, 6.07) is 8.33. The Bertz CT molecular complexity index is 410. The molecule has 1 aromatic carbocycles. The Kier molecular flexibility index (Phi) is 5.83. The van der Waals surface area contributed by atoms with Gasteiger partial charge in [0.2, 0.25) is 0 Å². The zero-order valence-corrected chi connectivity index (χ0v) is 12.6. The van der Waals surface area contributed by atoms with Crippen LogP contribution < -0.4 is 10.1 Å². The van der Waals surface area contributed by atoms with Crippen LogP contribution in [0.4, 0.5) is 0 Å². The van der Waals surface area contributed by atoms with Gasteiger partial charge in [0.15, 0.2) is 0 Å². The van der Waals surface area contributed by atoms with Gasteiger partial charge in [-0.05, 0) is 26.5 Å². The van der Waals surface area contributed by atoms with Crippen molar-refractivity contribution in [3.05, 3.63) is 29.8 Å². The van der Waals surface area contributed by atoms with Crippen LogP contribution in [0.15, 0.2) is 24.3 Å². The lowest BCUT2D eigenvalue weighted by molar-refractivity contribution is -0.0810. The van der Waals surface area contributed by atoms with E-state index in [0.717, 1.165) is 12.3 Å². The number of nitrogens with one attached hydrogen (secondary N) is 1. The number of fused-ring (bicyclic) bond motifs is 1. The van der Waals surface area contributed by atoms with Crippen molar-refractivity contribution < 1.29 is 14.2 Å². The normalized spacial score (nSPS) is 22.9. The van der Waals surface area contributed by atoms with E-state index in [-0.39, 0.29) is 18.2 Å². The predicted molar refractivity (Wildman–Crippen MR) is 79.2 cm³/mol. The van der Waals surface area contributed by atoms with E-state index in [4.69, 9.17) is 14.2 Å². The molecule has 0 amide bonds. The summed E-state index contributed by atoms with van der Waals surface area (Å²) < 4.78 is 17.3. The molecule has 3 unspecified atom stereocenters. The van der Waals surface area contributed by atoms with E-state index in [2.05, 4.69) is 18.3 Å². The molecule has 1 heterocycles. The van der Waals surface area contributed by atoms with E-state index in [9.17, 15) is 0 Å². The lowest BCUT2D eigenvalue weighted by atomic mass is 9.98. The summed E-state index contributed by atoms with van der Waals surface area (Å²) in [4.78, 5) is 0. The van der Waals surface area contributed by atoms with Gasteiger partial charge < -0.3 is 19.5 Å². The maximum Gasteiger partial charge on any atom is 0.124 e. The molecule has 4 heteroatoms. The quantitative estimate of drug-likeness (QED) is 0.832. The minimum atomic E-state index is 0.0142. The van der Waals surface area contributed by atoms with Crippen LogP contribution >= 0.6 is 0 Å². The third-order valence-corrected chi connectivity index (χ3v) is 3.42. The average Bonchev–Trinajstić information content (AvgIpc) is 2.47. The molecule has 4 nitrogen and oxygen atoms in total. The fourth-order valence-corrected chi connectivity index (χ4v) is 2.54. The van der Waals surface area contributed by atoms with Gasteiger partial charge in [-0.25, -0.2) is 0 Å². The first-order valence-electron chi connectivity index (χ1n) is 7.44. The van der Waals surface area contributed by atoms with Crippen molar-refractivity contribution in [1.82, 2.24) is 5.32 Å². The highest BCUT2D eigenvalue weighted by Gasteiger charge is 2.32. The number of hydrogen-bond donors (Lipinski definition) is 1. The van der Waals surface area contributed by atoms with Crippen molar-refractivity contribution in [2.75, 3.05) is 26.4 Å². The molecular formula is C16H25NO3. The summed E-state index contributed by atoms with van der Waals surface area (Å²) >= 11 is 0. The van der Waals surface area contributed by atoms with Crippen molar-refractivity contribution in [3.8, 4) is 5.75 Å². The number of rotatable bonds is 7. The van der Waals surface area contributed by atoms with Gasteiger partial charge in [0, 0.05) is 12.2 Å². The Labute approximate surface area is 121 Å². The van der Waals surface area contributed by atoms with Gasteiger partial charge in [-0.2, -0.15) is 0 Å². The molecule has 0 saturated carbocycles. The molecule has 20 heavy (non-hydrogen) atoms. The van der Waals surface area contributed by atoms with Crippen LogP contribution in [0, 0.1) is 0 Å². The molecule has 1 aliphatic heterocycles. The predicted octanol–water partition coefficient (Wildman–Crippen LogP) is 2.54. The average molecular weight is 279 g/mol. The Hall–Kier alpha value is -1.10. The molecular weight excluding hydrogens is 254 g/mol.